The van der Waals surface area contributed by atoms with E-state index in [-0.39, 0.29) is 0 Å². The number of aromatic nitrogens is 1. The predicted molar refractivity (Wildman–Crippen MR) is 106 cm³/mol. The van der Waals surface area contributed by atoms with Gasteiger partial charge in [0, 0.05) is 49.5 Å². The second-order valence-electron chi connectivity index (χ2n) is 7.90. The van der Waals surface area contributed by atoms with E-state index in [1.165, 1.54) is 54.7 Å². The molecule has 1 unspecified atom stereocenters. The van der Waals surface area contributed by atoms with Gasteiger partial charge in [0.2, 0.25) is 0 Å². The van der Waals surface area contributed by atoms with Gasteiger partial charge in [-0.3, -0.25) is 9.88 Å². The number of hydrogen-bond donors (Lipinski definition) is 0. The van der Waals surface area contributed by atoms with Gasteiger partial charge in [0.1, 0.15) is 0 Å². The third-order valence-corrected chi connectivity index (χ3v) is 5.87. The van der Waals surface area contributed by atoms with Gasteiger partial charge in [-0.2, -0.15) is 0 Å². The molecule has 4 rings (SSSR count). The molecule has 26 heavy (non-hydrogen) atoms. The van der Waals surface area contributed by atoms with Gasteiger partial charge >= 0.3 is 0 Å². The monoisotopic (exact) mass is 350 g/mol. The van der Waals surface area contributed by atoms with Crippen LogP contribution in [0.15, 0.2) is 42.5 Å². The first kappa shape index (κ1) is 17.7. The van der Waals surface area contributed by atoms with Crippen molar-refractivity contribution in [2.24, 2.45) is 0 Å². The number of likely N-dealkylation sites (tertiary alicyclic amines) is 1. The Morgan fingerprint density at radius 1 is 1.08 bits per heavy atom. The van der Waals surface area contributed by atoms with Crippen molar-refractivity contribution in [2.45, 2.75) is 51.0 Å². The summed E-state index contributed by atoms with van der Waals surface area (Å²) in [6, 6.07) is 16.1. The van der Waals surface area contributed by atoms with Gasteiger partial charge in [-0.1, -0.05) is 35.9 Å². The van der Waals surface area contributed by atoms with Gasteiger partial charge in [0.15, 0.2) is 0 Å². The summed E-state index contributed by atoms with van der Waals surface area (Å²) in [6.45, 7) is 6.40. The molecular formula is C23H30N2O. The first-order valence-electron chi connectivity index (χ1n) is 10.1. The van der Waals surface area contributed by atoms with Crippen LogP contribution < -0.4 is 0 Å². The van der Waals surface area contributed by atoms with Crippen molar-refractivity contribution < 1.29 is 4.74 Å². The van der Waals surface area contributed by atoms with Crippen LogP contribution in [0.3, 0.4) is 0 Å². The molecule has 0 aliphatic carbocycles. The minimum atomic E-state index is 0.573. The van der Waals surface area contributed by atoms with E-state index in [1.807, 2.05) is 0 Å². The molecule has 3 heterocycles. The molecule has 0 radical (unpaired) electrons. The third kappa shape index (κ3) is 4.33. The van der Waals surface area contributed by atoms with Gasteiger partial charge in [-0.05, 0) is 56.8 Å². The Morgan fingerprint density at radius 2 is 1.92 bits per heavy atom. The minimum Gasteiger partial charge on any atom is -0.381 e. The minimum absolute atomic E-state index is 0.573. The van der Waals surface area contributed by atoms with E-state index in [0.717, 1.165) is 26.2 Å². The van der Waals surface area contributed by atoms with Crippen LogP contribution in [0, 0.1) is 6.92 Å². The zero-order valence-electron chi connectivity index (χ0n) is 15.9. The number of ether oxygens (including phenoxy) is 1. The Hall–Kier alpha value is -1.71. The lowest BCUT2D eigenvalue weighted by molar-refractivity contribution is 0.0237. The van der Waals surface area contributed by atoms with Crippen LogP contribution in [0.2, 0.25) is 0 Å². The van der Waals surface area contributed by atoms with E-state index < -0.39 is 0 Å². The molecule has 2 saturated heterocycles. The topological polar surface area (TPSA) is 25.4 Å². The summed E-state index contributed by atoms with van der Waals surface area (Å²) in [7, 11) is 0. The predicted octanol–water partition coefficient (Wildman–Crippen LogP) is 4.34. The first-order valence-corrected chi connectivity index (χ1v) is 10.1. The highest BCUT2D eigenvalue weighted by Gasteiger charge is 2.28. The van der Waals surface area contributed by atoms with Gasteiger partial charge in [-0.15, -0.1) is 0 Å². The van der Waals surface area contributed by atoms with Crippen molar-refractivity contribution in [3.8, 4) is 0 Å². The first-order chi connectivity index (χ1) is 12.8. The van der Waals surface area contributed by atoms with Gasteiger partial charge in [0.05, 0.1) is 0 Å². The molecule has 2 fully saturated rings. The normalized spacial score (nSPS) is 22.4. The molecule has 2 aliphatic rings. The highest BCUT2D eigenvalue weighted by atomic mass is 16.5. The Morgan fingerprint density at radius 3 is 2.77 bits per heavy atom. The van der Waals surface area contributed by atoms with Crippen molar-refractivity contribution in [1.82, 2.24) is 9.88 Å². The van der Waals surface area contributed by atoms with Crippen LogP contribution in [-0.4, -0.2) is 42.2 Å². The van der Waals surface area contributed by atoms with Crippen molar-refractivity contribution in [1.29, 1.82) is 0 Å². The number of benzene rings is 1. The number of aryl methyl sites for hydroxylation is 1. The van der Waals surface area contributed by atoms with Gasteiger partial charge < -0.3 is 4.74 Å². The Kier molecular flexibility index (Phi) is 5.66. The SMILES string of the molecule is Cc1cccc(Cc2cccc(C3CCCN(C4CCOCC4)C3)n2)c1. The molecule has 138 valence electrons. The molecule has 0 saturated carbocycles. The van der Waals surface area contributed by atoms with E-state index in [1.54, 1.807) is 0 Å². The lowest BCUT2D eigenvalue weighted by Gasteiger charge is -2.39. The van der Waals surface area contributed by atoms with Crippen molar-refractivity contribution >= 4 is 0 Å². The summed E-state index contributed by atoms with van der Waals surface area (Å²) in [6.07, 6.45) is 5.85. The fourth-order valence-corrected chi connectivity index (χ4v) is 4.48. The zero-order chi connectivity index (χ0) is 17.8. The lowest BCUT2D eigenvalue weighted by atomic mass is 9.91. The van der Waals surface area contributed by atoms with E-state index in [9.17, 15) is 0 Å². The number of hydrogen-bond acceptors (Lipinski definition) is 3. The summed E-state index contributed by atoms with van der Waals surface area (Å²) in [5, 5.41) is 0. The van der Waals surface area contributed by atoms with Crippen LogP contribution in [0.5, 0.6) is 0 Å². The Balaban J connectivity index is 1.45. The summed E-state index contributed by atoms with van der Waals surface area (Å²) in [4.78, 5) is 7.75. The summed E-state index contributed by atoms with van der Waals surface area (Å²) in [5.41, 5.74) is 5.14. The molecule has 1 aromatic heterocycles. The number of nitrogens with zero attached hydrogens (tertiary/aromatic N) is 2. The largest absolute Gasteiger partial charge is 0.381 e. The fraction of sp³-hybridized carbons (Fsp3) is 0.522. The molecule has 0 spiro atoms. The summed E-state index contributed by atoms with van der Waals surface area (Å²) < 4.78 is 5.54. The molecule has 0 amide bonds. The van der Waals surface area contributed by atoms with Crippen LogP contribution in [-0.2, 0) is 11.2 Å². The molecule has 3 nitrogen and oxygen atoms in total. The van der Waals surface area contributed by atoms with Crippen molar-refractivity contribution in [3.63, 3.8) is 0 Å². The lowest BCUT2D eigenvalue weighted by Crippen LogP contribution is -2.44. The number of pyridine rings is 1. The molecule has 1 atom stereocenters. The van der Waals surface area contributed by atoms with E-state index in [2.05, 4.69) is 54.3 Å². The van der Waals surface area contributed by atoms with E-state index in [0.29, 0.717) is 12.0 Å². The molecule has 2 aliphatic heterocycles. The molecule has 1 aromatic carbocycles. The number of piperidine rings is 1. The standard InChI is InChI=1S/C23H30N2O/c1-18-5-2-6-19(15-18)16-21-8-3-9-23(24-21)20-7-4-12-25(17-20)22-10-13-26-14-11-22/h2-3,5-6,8-9,15,20,22H,4,7,10-14,16-17H2,1H3. The van der Waals surface area contributed by atoms with E-state index in [4.69, 9.17) is 9.72 Å². The second kappa shape index (κ2) is 8.32. The summed E-state index contributed by atoms with van der Waals surface area (Å²) >= 11 is 0. The van der Waals surface area contributed by atoms with Crippen LogP contribution in [0.25, 0.3) is 0 Å². The smallest absolute Gasteiger partial charge is 0.0480 e. The van der Waals surface area contributed by atoms with Crippen LogP contribution >= 0.6 is 0 Å². The van der Waals surface area contributed by atoms with Crippen LogP contribution in [0.1, 0.15) is 54.1 Å². The maximum Gasteiger partial charge on any atom is 0.0480 e. The van der Waals surface area contributed by atoms with E-state index >= 15 is 0 Å². The maximum atomic E-state index is 5.54. The highest BCUT2D eigenvalue weighted by molar-refractivity contribution is 5.27. The van der Waals surface area contributed by atoms with Crippen molar-refractivity contribution in [3.05, 3.63) is 65.0 Å². The van der Waals surface area contributed by atoms with Gasteiger partial charge in [-0.25, -0.2) is 0 Å². The quantitative estimate of drug-likeness (QED) is 0.820. The summed E-state index contributed by atoms with van der Waals surface area (Å²) in [5.74, 6) is 0.573. The van der Waals surface area contributed by atoms with Gasteiger partial charge in [0.25, 0.3) is 0 Å². The molecule has 0 bridgehead atoms. The Labute approximate surface area is 157 Å². The molecule has 3 heteroatoms. The molecule has 0 N–H and O–H groups in total. The average Bonchev–Trinajstić information content (AvgIpc) is 2.69. The zero-order valence-corrected chi connectivity index (χ0v) is 15.9. The molecular weight excluding hydrogens is 320 g/mol. The second-order valence-corrected chi connectivity index (χ2v) is 7.90. The Bertz CT molecular complexity index is 724. The molecule has 2 aromatic rings. The average molecular weight is 351 g/mol. The number of rotatable bonds is 4. The fourth-order valence-electron chi connectivity index (χ4n) is 4.48. The maximum absolute atomic E-state index is 5.54. The highest BCUT2D eigenvalue weighted by Crippen LogP contribution is 2.29. The van der Waals surface area contributed by atoms with Crippen LogP contribution in [0.4, 0.5) is 0 Å². The van der Waals surface area contributed by atoms with Crippen molar-refractivity contribution in [2.75, 3.05) is 26.3 Å². The third-order valence-electron chi connectivity index (χ3n) is 5.87.